The molecule has 14 nitrogen and oxygen atoms in total. The Morgan fingerprint density at radius 2 is 1.57 bits per heavy atom. The lowest BCUT2D eigenvalue weighted by Crippen LogP contribution is -2.71. The van der Waals surface area contributed by atoms with Crippen LogP contribution in [0, 0.1) is 0 Å². The number of hydrogen-bond donors (Lipinski definition) is 1. The number of carbonyl (C=O) groups excluding carboxylic acids is 5. The van der Waals surface area contributed by atoms with E-state index in [1.807, 2.05) is 0 Å². The zero-order valence-electron chi connectivity index (χ0n) is 21.0. The van der Waals surface area contributed by atoms with Crippen molar-refractivity contribution in [2.75, 3.05) is 35.0 Å². The van der Waals surface area contributed by atoms with E-state index in [1.165, 1.54) is 21.1 Å². The van der Waals surface area contributed by atoms with Crippen LogP contribution in [0.5, 0.6) is 0 Å². The Morgan fingerprint density at radius 1 is 0.971 bits per heavy atom. The molecule has 1 N–H and O–H groups in total. The SMILES string of the molecule is COC(=O)[C@]1(OC)C[C@H](OC(C)=O)[C@@H](NC(C)=O)[C@H]([C@H](OC(C)=O)C(COC(C)=O)(OC)OC)O1. The van der Waals surface area contributed by atoms with Crippen molar-refractivity contribution in [3.8, 4) is 0 Å². The molecule has 5 atom stereocenters. The van der Waals surface area contributed by atoms with E-state index in [0.717, 1.165) is 35.0 Å². The van der Waals surface area contributed by atoms with E-state index in [2.05, 4.69) is 5.32 Å². The molecule has 0 saturated carbocycles. The third-order valence-corrected chi connectivity index (χ3v) is 5.26. The van der Waals surface area contributed by atoms with Gasteiger partial charge < -0.3 is 43.2 Å². The fraction of sp³-hybridized carbons (Fsp3) is 0.762. The second-order valence-electron chi connectivity index (χ2n) is 7.64. The zero-order valence-corrected chi connectivity index (χ0v) is 21.0. The molecule has 1 saturated heterocycles. The standard InChI is InChI=1S/C21H33NO13/c1-11(23)22-16-15(33-13(3)25)9-20(29-6,19(27)28-5)35-17(16)18(34-14(4)26)21(30-7,31-8)10-32-12(2)24/h15-18H,9-10H2,1-8H3,(H,22,23)/t15-,16+,17+,18-,20-/m0/s1. The molecule has 0 radical (unpaired) electrons. The lowest BCUT2D eigenvalue weighted by Gasteiger charge is -2.50. The number of methoxy groups -OCH3 is 4. The summed E-state index contributed by atoms with van der Waals surface area (Å²) in [6.07, 6.45) is -4.74. The fourth-order valence-corrected chi connectivity index (χ4v) is 3.74. The van der Waals surface area contributed by atoms with Crippen molar-refractivity contribution in [1.82, 2.24) is 5.32 Å². The van der Waals surface area contributed by atoms with E-state index in [9.17, 15) is 24.0 Å². The molecular formula is C21H33NO13. The maximum Gasteiger partial charge on any atom is 0.366 e. The second kappa shape index (κ2) is 12.8. The molecule has 14 heteroatoms. The second-order valence-corrected chi connectivity index (χ2v) is 7.64. The first-order valence-electron chi connectivity index (χ1n) is 10.5. The Labute approximate surface area is 202 Å². The minimum Gasteiger partial charge on any atom is -0.465 e. The van der Waals surface area contributed by atoms with E-state index in [4.69, 9.17) is 37.9 Å². The normalized spacial score (nSPS) is 25.1. The van der Waals surface area contributed by atoms with Gasteiger partial charge >= 0.3 is 23.9 Å². The van der Waals surface area contributed by atoms with Crippen LogP contribution in [0.4, 0.5) is 0 Å². The van der Waals surface area contributed by atoms with Gasteiger partial charge in [0.1, 0.15) is 18.8 Å². The molecule has 0 bridgehead atoms. The van der Waals surface area contributed by atoms with Gasteiger partial charge in [0, 0.05) is 49.0 Å². The molecule has 35 heavy (non-hydrogen) atoms. The van der Waals surface area contributed by atoms with Crippen LogP contribution >= 0.6 is 0 Å². The molecule has 1 aliphatic rings. The van der Waals surface area contributed by atoms with Crippen molar-refractivity contribution >= 4 is 29.8 Å². The average Bonchev–Trinajstić information content (AvgIpc) is 2.78. The lowest BCUT2D eigenvalue weighted by molar-refractivity contribution is -0.344. The van der Waals surface area contributed by atoms with Crippen molar-refractivity contribution in [1.29, 1.82) is 0 Å². The molecular weight excluding hydrogens is 474 g/mol. The molecule has 0 aliphatic carbocycles. The summed E-state index contributed by atoms with van der Waals surface area (Å²) in [7, 11) is 4.61. The van der Waals surface area contributed by atoms with Crippen LogP contribution in [0.15, 0.2) is 0 Å². The van der Waals surface area contributed by atoms with Crippen LogP contribution in [0.2, 0.25) is 0 Å². The highest BCUT2D eigenvalue weighted by Gasteiger charge is 2.61. The summed E-state index contributed by atoms with van der Waals surface area (Å²) in [5.41, 5.74) is 0. The average molecular weight is 507 g/mol. The highest BCUT2D eigenvalue weighted by atomic mass is 16.8. The number of esters is 4. The van der Waals surface area contributed by atoms with E-state index in [1.54, 1.807) is 0 Å². The van der Waals surface area contributed by atoms with Crippen LogP contribution < -0.4 is 5.32 Å². The maximum atomic E-state index is 12.7. The van der Waals surface area contributed by atoms with Crippen LogP contribution in [0.1, 0.15) is 34.1 Å². The first-order valence-corrected chi connectivity index (χ1v) is 10.5. The van der Waals surface area contributed by atoms with Crippen LogP contribution in [0.3, 0.4) is 0 Å². The minimum absolute atomic E-state index is 0.388. The van der Waals surface area contributed by atoms with Gasteiger partial charge in [0.2, 0.25) is 11.7 Å². The lowest BCUT2D eigenvalue weighted by atomic mass is 9.87. The monoisotopic (exact) mass is 507 g/mol. The molecule has 1 aliphatic heterocycles. The molecule has 0 aromatic rings. The molecule has 1 heterocycles. The first kappa shape index (κ1) is 30.2. The Bertz CT molecular complexity index is 796. The number of amides is 1. The van der Waals surface area contributed by atoms with Gasteiger partial charge in [0.15, 0.2) is 6.10 Å². The summed E-state index contributed by atoms with van der Waals surface area (Å²) in [5, 5.41) is 2.59. The fourth-order valence-electron chi connectivity index (χ4n) is 3.74. The third kappa shape index (κ3) is 7.34. The maximum absolute atomic E-state index is 12.7. The van der Waals surface area contributed by atoms with E-state index >= 15 is 0 Å². The summed E-state index contributed by atoms with van der Waals surface area (Å²) in [6.45, 7) is 3.95. The first-order chi connectivity index (χ1) is 16.3. The van der Waals surface area contributed by atoms with Crippen LogP contribution in [0.25, 0.3) is 0 Å². The van der Waals surface area contributed by atoms with Gasteiger partial charge in [-0.1, -0.05) is 0 Å². The zero-order chi connectivity index (χ0) is 27.0. The van der Waals surface area contributed by atoms with Gasteiger partial charge in [-0.15, -0.1) is 0 Å². The van der Waals surface area contributed by atoms with E-state index in [-0.39, 0.29) is 6.42 Å². The van der Waals surface area contributed by atoms with E-state index < -0.39 is 72.3 Å². The third-order valence-electron chi connectivity index (χ3n) is 5.26. The van der Waals surface area contributed by atoms with E-state index in [0.29, 0.717) is 0 Å². The molecule has 0 aromatic carbocycles. The van der Waals surface area contributed by atoms with Gasteiger partial charge in [-0.2, -0.15) is 0 Å². The predicted octanol–water partition coefficient (Wildman–Crippen LogP) is -0.789. The highest BCUT2D eigenvalue weighted by molar-refractivity contribution is 5.78. The number of hydrogen-bond acceptors (Lipinski definition) is 13. The molecule has 1 amide bonds. The van der Waals surface area contributed by atoms with Crippen molar-refractivity contribution in [2.24, 2.45) is 0 Å². The molecule has 1 fully saturated rings. The Morgan fingerprint density at radius 3 is 1.97 bits per heavy atom. The summed E-state index contributed by atoms with van der Waals surface area (Å²) >= 11 is 0. The largest absolute Gasteiger partial charge is 0.465 e. The molecule has 0 aromatic heterocycles. The highest BCUT2D eigenvalue weighted by Crippen LogP contribution is 2.38. The summed E-state index contributed by atoms with van der Waals surface area (Å²) in [4.78, 5) is 60.4. The molecule has 200 valence electrons. The molecule has 0 spiro atoms. The summed E-state index contributed by atoms with van der Waals surface area (Å²) in [6, 6.07) is -1.21. The van der Waals surface area contributed by atoms with Crippen molar-refractivity contribution < 1.29 is 61.9 Å². The predicted molar refractivity (Wildman–Crippen MR) is 113 cm³/mol. The van der Waals surface area contributed by atoms with Crippen LogP contribution in [-0.4, -0.2) is 101 Å². The van der Waals surface area contributed by atoms with Gasteiger partial charge in [0.25, 0.3) is 5.79 Å². The summed E-state index contributed by atoms with van der Waals surface area (Å²) in [5.74, 6) is -7.98. The van der Waals surface area contributed by atoms with Crippen molar-refractivity contribution in [3.63, 3.8) is 0 Å². The number of ether oxygens (including phenoxy) is 8. The van der Waals surface area contributed by atoms with Crippen molar-refractivity contribution in [2.45, 2.75) is 70.0 Å². The topological polar surface area (TPSA) is 171 Å². The Kier molecular flexibility index (Phi) is 11.0. The van der Waals surface area contributed by atoms with Crippen molar-refractivity contribution in [3.05, 3.63) is 0 Å². The van der Waals surface area contributed by atoms with Gasteiger partial charge in [-0.25, -0.2) is 4.79 Å². The van der Waals surface area contributed by atoms with Gasteiger partial charge in [0.05, 0.1) is 19.6 Å². The van der Waals surface area contributed by atoms with Crippen LogP contribution in [-0.2, 0) is 61.9 Å². The number of carbonyl (C=O) groups is 5. The Balaban J connectivity index is 3.81. The number of nitrogens with one attached hydrogen (secondary N) is 1. The Hall–Kier alpha value is -2.81. The summed E-state index contributed by atoms with van der Waals surface area (Å²) < 4.78 is 43.1. The van der Waals surface area contributed by atoms with Gasteiger partial charge in [-0.05, 0) is 0 Å². The smallest absolute Gasteiger partial charge is 0.366 e. The van der Waals surface area contributed by atoms with Gasteiger partial charge in [-0.3, -0.25) is 19.2 Å². The minimum atomic E-state index is -2.15. The molecule has 1 rings (SSSR count). The quantitative estimate of drug-likeness (QED) is 0.210. The molecule has 0 unspecified atom stereocenters. The number of rotatable bonds is 11.